The SMILES string of the molecule is OCCN(CC(F)(F)F)c1cc(CO)nc2ccccc12. The first-order valence-corrected chi connectivity index (χ1v) is 6.36. The van der Waals surface area contributed by atoms with Crippen molar-refractivity contribution in [3.05, 3.63) is 36.0 Å². The molecule has 0 radical (unpaired) electrons. The zero-order valence-corrected chi connectivity index (χ0v) is 11.1. The van der Waals surface area contributed by atoms with Crippen LogP contribution >= 0.6 is 0 Å². The molecule has 1 aromatic heterocycles. The van der Waals surface area contributed by atoms with Crippen molar-refractivity contribution in [1.82, 2.24) is 4.98 Å². The van der Waals surface area contributed by atoms with E-state index in [9.17, 15) is 18.3 Å². The summed E-state index contributed by atoms with van der Waals surface area (Å²) in [6.45, 7) is -2.09. The maximum Gasteiger partial charge on any atom is 0.405 e. The smallest absolute Gasteiger partial charge is 0.395 e. The molecule has 2 aromatic rings. The van der Waals surface area contributed by atoms with Crippen molar-refractivity contribution in [2.24, 2.45) is 0 Å². The summed E-state index contributed by atoms with van der Waals surface area (Å²) in [5.74, 6) is 0. The van der Waals surface area contributed by atoms with Gasteiger partial charge in [-0.1, -0.05) is 18.2 Å². The van der Waals surface area contributed by atoms with E-state index >= 15 is 0 Å². The molecule has 0 saturated carbocycles. The molecule has 0 bridgehead atoms. The quantitative estimate of drug-likeness (QED) is 0.888. The molecule has 21 heavy (non-hydrogen) atoms. The van der Waals surface area contributed by atoms with E-state index < -0.39 is 19.3 Å². The highest BCUT2D eigenvalue weighted by molar-refractivity contribution is 5.92. The van der Waals surface area contributed by atoms with Gasteiger partial charge in [-0.2, -0.15) is 13.2 Å². The summed E-state index contributed by atoms with van der Waals surface area (Å²) in [6, 6.07) is 8.18. The van der Waals surface area contributed by atoms with Gasteiger partial charge in [0.15, 0.2) is 0 Å². The first-order valence-electron chi connectivity index (χ1n) is 6.36. The lowest BCUT2D eigenvalue weighted by atomic mass is 10.1. The van der Waals surface area contributed by atoms with Crippen LogP contribution in [-0.2, 0) is 6.61 Å². The monoisotopic (exact) mass is 300 g/mol. The van der Waals surface area contributed by atoms with Gasteiger partial charge in [-0.15, -0.1) is 0 Å². The van der Waals surface area contributed by atoms with Gasteiger partial charge in [-0.3, -0.25) is 4.98 Å². The molecule has 2 N–H and O–H groups in total. The van der Waals surface area contributed by atoms with Crippen LogP contribution in [0.4, 0.5) is 18.9 Å². The van der Waals surface area contributed by atoms with Gasteiger partial charge in [0.2, 0.25) is 0 Å². The van der Waals surface area contributed by atoms with E-state index in [-0.39, 0.29) is 18.8 Å². The summed E-state index contributed by atoms with van der Waals surface area (Å²) in [4.78, 5) is 5.22. The molecule has 0 aliphatic carbocycles. The summed E-state index contributed by atoms with van der Waals surface area (Å²) >= 11 is 0. The summed E-state index contributed by atoms with van der Waals surface area (Å²) < 4.78 is 38.1. The Morgan fingerprint density at radius 2 is 1.86 bits per heavy atom. The van der Waals surface area contributed by atoms with Crippen molar-refractivity contribution < 1.29 is 23.4 Å². The highest BCUT2D eigenvalue weighted by Crippen LogP contribution is 2.29. The molecule has 1 aromatic carbocycles. The van der Waals surface area contributed by atoms with Gasteiger partial charge >= 0.3 is 6.18 Å². The van der Waals surface area contributed by atoms with E-state index in [1.54, 1.807) is 24.3 Å². The number of halogens is 3. The first-order chi connectivity index (χ1) is 9.94. The Labute approximate surface area is 119 Å². The Hall–Kier alpha value is -1.86. The number of aliphatic hydroxyl groups excluding tert-OH is 2. The lowest BCUT2D eigenvalue weighted by Gasteiger charge is -2.26. The zero-order chi connectivity index (χ0) is 15.5. The molecule has 7 heteroatoms. The lowest BCUT2D eigenvalue weighted by molar-refractivity contribution is -0.119. The fourth-order valence-corrected chi connectivity index (χ4v) is 2.17. The van der Waals surface area contributed by atoms with Gasteiger partial charge in [-0.05, 0) is 12.1 Å². The molecule has 0 spiro atoms. The normalized spacial score (nSPS) is 11.9. The van der Waals surface area contributed by atoms with Gasteiger partial charge in [0, 0.05) is 17.6 Å². The second kappa shape index (κ2) is 6.28. The first kappa shape index (κ1) is 15.5. The Kier molecular flexibility index (Phi) is 4.64. The van der Waals surface area contributed by atoms with E-state index in [2.05, 4.69) is 4.98 Å². The van der Waals surface area contributed by atoms with Crippen LogP contribution in [-0.4, -0.2) is 41.1 Å². The summed E-state index contributed by atoms with van der Waals surface area (Å²) in [6.07, 6.45) is -4.39. The van der Waals surface area contributed by atoms with Crippen LogP contribution in [0.2, 0.25) is 0 Å². The Morgan fingerprint density at radius 1 is 1.14 bits per heavy atom. The maximum atomic E-state index is 12.7. The molecular formula is C14H15F3N2O2. The molecule has 0 amide bonds. The number of nitrogens with zero attached hydrogens (tertiary/aromatic N) is 2. The minimum atomic E-state index is -4.39. The highest BCUT2D eigenvalue weighted by atomic mass is 19.4. The number of benzene rings is 1. The second-order valence-electron chi connectivity index (χ2n) is 4.57. The summed E-state index contributed by atoms with van der Waals surface area (Å²) in [5.41, 5.74) is 1.09. The molecule has 4 nitrogen and oxygen atoms in total. The van der Waals surface area contributed by atoms with E-state index in [0.29, 0.717) is 16.6 Å². The van der Waals surface area contributed by atoms with E-state index in [0.717, 1.165) is 4.90 Å². The van der Waals surface area contributed by atoms with Gasteiger partial charge in [-0.25, -0.2) is 0 Å². The molecule has 2 rings (SSSR count). The number of para-hydroxylation sites is 1. The Bertz CT molecular complexity index is 617. The highest BCUT2D eigenvalue weighted by Gasteiger charge is 2.31. The molecule has 1 heterocycles. The maximum absolute atomic E-state index is 12.7. The molecule has 0 aliphatic rings. The van der Waals surface area contributed by atoms with Crippen LogP contribution in [0.3, 0.4) is 0 Å². The van der Waals surface area contributed by atoms with E-state index in [1.807, 2.05) is 0 Å². The van der Waals surface area contributed by atoms with Crippen molar-refractivity contribution in [1.29, 1.82) is 0 Å². The largest absolute Gasteiger partial charge is 0.405 e. The lowest BCUT2D eigenvalue weighted by Crippen LogP contribution is -2.36. The van der Waals surface area contributed by atoms with Crippen LogP contribution in [0.25, 0.3) is 10.9 Å². The molecule has 0 aliphatic heterocycles. The third-order valence-corrected chi connectivity index (χ3v) is 2.99. The van der Waals surface area contributed by atoms with Crippen molar-refractivity contribution in [2.45, 2.75) is 12.8 Å². The number of aromatic nitrogens is 1. The number of hydrogen-bond donors (Lipinski definition) is 2. The van der Waals surface area contributed by atoms with Gasteiger partial charge in [0.05, 0.1) is 24.4 Å². The number of alkyl halides is 3. The number of fused-ring (bicyclic) bond motifs is 1. The molecular weight excluding hydrogens is 285 g/mol. The average Bonchev–Trinajstić information content (AvgIpc) is 2.44. The van der Waals surface area contributed by atoms with Gasteiger partial charge in [0.1, 0.15) is 6.54 Å². The number of anilines is 1. The minimum Gasteiger partial charge on any atom is -0.395 e. The number of pyridine rings is 1. The molecule has 114 valence electrons. The van der Waals surface area contributed by atoms with Crippen molar-refractivity contribution >= 4 is 16.6 Å². The fraction of sp³-hybridized carbons (Fsp3) is 0.357. The third kappa shape index (κ3) is 3.83. The molecule has 0 fully saturated rings. The van der Waals surface area contributed by atoms with E-state index in [4.69, 9.17) is 5.11 Å². The third-order valence-electron chi connectivity index (χ3n) is 2.99. The van der Waals surface area contributed by atoms with Gasteiger partial charge < -0.3 is 15.1 Å². The van der Waals surface area contributed by atoms with Crippen LogP contribution in [0, 0.1) is 0 Å². The van der Waals surface area contributed by atoms with Crippen LogP contribution in [0.1, 0.15) is 5.69 Å². The van der Waals surface area contributed by atoms with Crippen molar-refractivity contribution in [3.8, 4) is 0 Å². The summed E-state index contributed by atoms with van der Waals surface area (Å²) in [5, 5.41) is 18.8. The predicted molar refractivity (Wildman–Crippen MR) is 73.0 cm³/mol. The second-order valence-corrected chi connectivity index (χ2v) is 4.57. The number of aliphatic hydroxyl groups is 2. The molecule has 0 saturated heterocycles. The number of rotatable bonds is 5. The summed E-state index contributed by atoms with van der Waals surface area (Å²) in [7, 11) is 0. The van der Waals surface area contributed by atoms with Crippen molar-refractivity contribution in [3.63, 3.8) is 0 Å². The molecule has 0 unspecified atom stereocenters. The Balaban J connectivity index is 2.54. The average molecular weight is 300 g/mol. The van der Waals surface area contributed by atoms with Crippen LogP contribution in [0.5, 0.6) is 0 Å². The standard InChI is InChI=1S/C14H15F3N2O2/c15-14(16,17)9-19(5-6-20)13-7-10(8-21)18-12-4-2-1-3-11(12)13/h1-4,7,20-21H,5-6,8-9H2. The minimum absolute atomic E-state index is 0.154. The van der Waals surface area contributed by atoms with Crippen LogP contribution < -0.4 is 4.90 Å². The number of hydrogen-bond acceptors (Lipinski definition) is 4. The fourth-order valence-electron chi connectivity index (χ4n) is 2.17. The molecule has 0 atom stereocenters. The van der Waals surface area contributed by atoms with Crippen molar-refractivity contribution in [2.75, 3.05) is 24.6 Å². The van der Waals surface area contributed by atoms with Crippen LogP contribution in [0.15, 0.2) is 30.3 Å². The predicted octanol–water partition coefficient (Wildman–Crippen LogP) is 2.09. The Morgan fingerprint density at radius 3 is 2.48 bits per heavy atom. The zero-order valence-electron chi connectivity index (χ0n) is 11.1. The van der Waals surface area contributed by atoms with E-state index in [1.165, 1.54) is 6.07 Å². The van der Waals surface area contributed by atoms with Gasteiger partial charge in [0.25, 0.3) is 0 Å². The topological polar surface area (TPSA) is 56.6 Å².